The van der Waals surface area contributed by atoms with Crippen LogP contribution in [-0.2, 0) is 0 Å². The standard InChI is InChI=1S/C10H9NOS/c11-8-4-7(5-9(12)6-8)10-2-1-3-13-10/h1-6,12H,11H2. The van der Waals surface area contributed by atoms with E-state index in [1.165, 1.54) is 6.07 Å². The fourth-order valence-electron chi connectivity index (χ4n) is 1.22. The van der Waals surface area contributed by atoms with Crippen molar-refractivity contribution in [3.05, 3.63) is 35.7 Å². The Balaban J connectivity index is 2.53. The van der Waals surface area contributed by atoms with Crippen molar-refractivity contribution in [2.45, 2.75) is 0 Å². The summed E-state index contributed by atoms with van der Waals surface area (Å²) in [5.74, 6) is 0.211. The molecule has 2 nitrogen and oxygen atoms in total. The van der Waals surface area contributed by atoms with Gasteiger partial charge < -0.3 is 10.8 Å². The van der Waals surface area contributed by atoms with Gasteiger partial charge in [0.2, 0.25) is 0 Å². The minimum atomic E-state index is 0.211. The van der Waals surface area contributed by atoms with Gasteiger partial charge in [0.25, 0.3) is 0 Å². The van der Waals surface area contributed by atoms with E-state index in [2.05, 4.69) is 0 Å². The van der Waals surface area contributed by atoms with Crippen molar-refractivity contribution in [1.82, 2.24) is 0 Å². The van der Waals surface area contributed by atoms with Crippen molar-refractivity contribution in [3.63, 3.8) is 0 Å². The predicted octanol–water partition coefficient (Wildman–Crippen LogP) is 2.70. The first-order valence-electron chi connectivity index (χ1n) is 3.89. The first-order valence-corrected chi connectivity index (χ1v) is 4.77. The normalized spacial score (nSPS) is 10.2. The van der Waals surface area contributed by atoms with E-state index in [9.17, 15) is 5.11 Å². The highest BCUT2D eigenvalue weighted by atomic mass is 32.1. The molecule has 0 saturated carbocycles. The van der Waals surface area contributed by atoms with Crippen molar-refractivity contribution >= 4 is 17.0 Å². The van der Waals surface area contributed by atoms with E-state index in [4.69, 9.17) is 5.73 Å². The zero-order chi connectivity index (χ0) is 9.26. The average molecular weight is 191 g/mol. The number of nitrogens with two attached hydrogens (primary N) is 1. The topological polar surface area (TPSA) is 46.2 Å². The smallest absolute Gasteiger partial charge is 0.118 e. The Bertz CT molecular complexity index is 389. The molecule has 0 atom stereocenters. The molecule has 2 rings (SSSR count). The highest BCUT2D eigenvalue weighted by Crippen LogP contribution is 2.29. The van der Waals surface area contributed by atoms with Crippen LogP contribution in [-0.4, -0.2) is 5.11 Å². The second kappa shape index (κ2) is 3.11. The lowest BCUT2D eigenvalue weighted by Gasteiger charge is -2.00. The molecule has 0 aliphatic rings. The fourth-order valence-corrected chi connectivity index (χ4v) is 1.93. The number of nitrogen functional groups attached to an aromatic ring is 1. The molecule has 1 aromatic carbocycles. The monoisotopic (exact) mass is 191 g/mol. The Morgan fingerprint density at radius 3 is 2.69 bits per heavy atom. The first-order chi connectivity index (χ1) is 6.25. The molecule has 3 N–H and O–H groups in total. The molecule has 0 unspecified atom stereocenters. The maximum Gasteiger partial charge on any atom is 0.118 e. The molecule has 1 aromatic heterocycles. The van der Waals surface area contributed by atoms with E-state index >= 15 is 0 Å². The molecule has 0 radical (unpaired) electrons. The van der Waals surface area contributed by atoms with Gasteiger partial charge in [-0.1, -0.05) is 6.07 Å². The molecule has 1 heterocycles. The molecule has 2 aromatic rings. The van der Waals surface area contributed by atoms with Crippen LogP contribution < -0.4 is 5.73 Å². The summed E-state index contributed by atoms with van der Waals surface area (Å²) in [5, 5.41) is 11.3. The van der Waals surface area contributed by atoms with Crippen LogP contribution in [0, 0.1) is 0 Å². The maximum absolute atomic E-state index is 9.32. The van der Waals surface area contributed by atoms with E-state index < -0.39 is 0 Å². The fraction of sp³-hybridized carbons (Fsp3) is 0. The lowest BCUT2D eigenvalue weighted by molar-refractivity contribution is 0.476. The summed E-state index contributed by atoms with van der Waals surface area (Å²) in [6.07, 6.45) is 0. The van der Waals surface area contributed by atoms with Gasteiger partial charge in [-0.2, -0.15) is 0 Å². The zero-order valence-electron chi connectivity index (χ0n) is 6.90. The average Bonchev–Trinajstić information content (AvgIpc) is 2.53. The molecule has 0 aliphatic carbocycles. The van der Waals surface area contributed by atoms with Crippen molar-refractivity contribution in [2.24, 2.45) is 0 Å². The van der Waals surface area contributed by atoms with Crippen LogP contribution in [0.15, 0.2) is 35.7 Å². The van der Waals surface area contributed by atoms with Crippen LogP contribution in [0.5, 0.6) is 5.75 Å². The van der Waals surface area contributed by atoms with E-state index in [-0.39, 0.29) is 5.75 Å². The maximum atomic E-state index is 9.32. The van der Waals surface area contributed by atoms with Crippen molar-refractivity contribution in [2.75, 3.05) is 5.73 Å². The molecular weight excluding hydrogens is 182 g/mol. The van der Waals surface area contributed by atoms with Gasteiger partial charge in [0.1, 0.15) is 5.75 Å². The third kappa shape index (κ3) is 1.65. The van der Waals surface area contributed by atoms with Crippen molar-refractivity contribution < 1.29 is 5.11 Å². The first kappa shape index (κ1) is 8.13. The summed E-state index contributed by atoms with van der Waals surface area (Å²) in [7, 11) is 0. The van der Waals surface area contributed by atoms with E-state index in [0.717, 1.165) is 10.4 Å². The summed E-state index contributed by atoms with van der Waals surface area (Å²) < 4.78 is 0. The van der Waals surface area contributed by atoms with Crippen LogP contribution in [0.25, 0.3) is 10.4 Å². The van der Waals surface area contributed by atoms with Crippen molar-refractivity contribution in [1.29, 1.82) is 0 Å². The Hall–Kier alpha value is -1.48. The van der Waals surface area contributed by atoms with E-state index in [1.807, 2.05) is 23.6 Å². The SMILES string of the molecule is Nc1cc(O)cc(-c2cccs2)c1. The molecule has 0 aliphatic heterocycles. The highest BCUT2D eigenvalue weighted by Gasteiger charge is 2.00. The number of hydrogen-bond acceptors (Lipinski definition) is 3. The molecule has 0 fully saturated rings. The molecule has 0 saturated heterocycles. The summed E-state index contributed by atoms with van der Waals surface area (Å²) in [5.41, 5.74) is 7.16. The summed E-state index contributed by atoms with van der Waals surface area (Å²) >= 11 is 1.63. The van der Waals surface area contributed by atoms with Gasteiger partial charge in [-0.15, -0.1) is 11.3 Å². The van der Waals surface area contributed by atoms with Crippen LogP contribution in [0.4, 0.5) is 5.69 Å². The van der Waals surface area contributed by atoms with Crippen LogP contribution in [0.1, 0.15) is 0 Å². The van der Waals surface area contributed by atoms with Crippen LogP contribution >= 0.6 is 11.3 Å². The number of benzene rings is 1. The van der Waals surface area contributed by atoms with Crippen LogP contribution in [0.2, 0.25) is 0 Å². The second-order valence-corrected chi connectivity index (χ2v) is 3.74. The number of thiophene rings is 1. The van der Waals surface area contributed by atoms with Gasteiger partial charge in [-0.25, -0.2) is 0 Å². The number of hydrogen-bond donors (Lipinski definition) is 2. The molecule has 13 heavy (non-hydrogen) atoms. The number of rotatable bonds is 1. The Labute approximate surface area is 80.3 Å². The Kier molecular flexibility index (Phi) is 1.94. The third-order valence-corrected chi connectivity index (χ3v) is 2.66. The molecule has 3 heteroatoms. The van der Waals surface area contributed by atoms with E-state index in [0.29, 0.717) is 5.69 Å². The number of aromatic hydroxyl groups is 1. The number of phenols is 1. The molecule has 66 valence electrons. The Morgan fingerprint density at radius 2 is 2.08 bits per heavy atom. The van der Waals surface area contributed by atoms with Gasteiger partial charge in [0.05, 0.1) is 0 Å². The minimum absolute atomic E-state index is 0.211. The van der Waals surface area contributed by atoms with Gasteiger partial charge in [-0.05, 0) is 29.1 Å². The zero-order valence-corrected chi connectivity index (χ0v) is 7.71. The number of phenolic OH excluding ortho intramolecular Hbond substituents is 1. The Morgan fingerprint density at radius 1 is 1.23 bits per heavy atom. The quantitative estimate of drug-likeness (QED) is 0.681. The largest absolute Gasteiger partial charge is 0.508 e. The summed E-state index contributed by atoms with van der Waals surface area (Å²) in [4.78, 5) is 1.11. The van der Waals surface area contributed by atoms with Gasteiger partial charge in [0.15, 0.2) is 0 Å². The van der Waals surface area contributed by atoms with Crippen LogP contribution in [0.3, 0.4) is 0 Å². The lowest BCUT2D eigenvalue weighted by Crippen LogP contribution is -1.84. The van der Waals surface area contributed by atoms with Gasteiger partial charge >= 0.3 is 0 Å². The lowest BCUT2D eigenvalue weighted by atomic mass is 10.1. The minimum Gasteiger partial charge on any atom is -0.508 e. The highest BCUT2D eigenvalue weighted by molar-refractivity contribution is 7.13. The second-order valence-electron chi connectivity index (χ2n) is 2.79. The molecule has 0 amide bonds. The number of anilines is 1. The third-order valence-electron chi connectivity index (χ3n) is 1.75. The molecular formula is C10H9NOS. The van der Waals surface area contributed by atoms with Gasteiger partial charge in [-0.3, -0.25) is 0 Å². The van der Waals surface area contributed by atoms with Crippen molar-refractivity contribution in [3.8, 4) is 16.2 Å². The summed E-state index contributed by atoms with van der Waals surface area (Å²) in [6.45, 7) is 0. The molecule has 0 spiro atoms. The molecule has 0 bridgehead atoms. The van der Waals surface area contributed by atoms with E-state index in [1.54, 1.807) is 17.4 Å². The summed E-state index contributed by atoms with van der Waals surface area (Å²) in [6, 6.07) is 9.07. The van der Waals surface area contributed by atoms with Gasteiger partial charge in [0, 0.05) is 16.6 Å². The predicted molar refractivity (Wildman–Crippen MR) is 55.8 cm³/mol.